The van der Waals surface area contributed by atoms with E-state index in [4.69, 9.17) is 11.5 Å². The van der Waals surface area contributed by atoms with Gasteiger partial charge in [0.25, 0.3) is 0 Å². The molecule has 1 heterocycles. The van der Waals surface area contributed by atoms with Crippen molar-refractivity contribution in [1.82, 2.24) is 25.9 Å². The SMILES string of the molecule is CCC(C)C(NC(=O)C(N)Cc1cnc[nH]1)C(=O)NC(C(=O)NC(CCC(N)=O)C(=O)O)C(C)O. The number of primary amides is 1. The van der Waals surface area contributed by atoms with Crippen molar-refractivity contribution >= 4 is 29.6 Å². The number of aromatic amines is 1. The van der Waals surface area contributed by atoms with Gasteiger partial charge in [-0.25, -0.2) is 9.78 Å². The first-order valence-corrected chi connectivity index (χ1v) is 11.2. The van der Waals surface area contributed by atoms with Crippen LogP contribution in [0.2, 0.25) is 0 Å². The molecule has 10 N–H and O–H groups in total. The van der Waals surface area contributed by atoms with Gasteiger partial charge in [-0.15, -0.1) is 0 Å². The fourth-order valence-corrected chi connectivity index (χ4v) is 3.14. The number of carbonyl (C=O) groups excluding carboxylic acids is 4. The highest BCUT2D eigenvalue weighted by molar-refractivity contribution is 5.94. The molecule has 0 fully saturated rings. The summed E-state index contributed by atoms with van der Waals surface area (Å²) in [6.07, 6.45) is 1.65. The fourth-order valence-electron chi connectivity index (χ4n) is 3.14. The number of carboxylic acid groups (broad SMARTS) is 1. The van der Waals surface area contributed by atoms with E-state index in [0.29, 0.717) is 12.1 Å². The monoisotopic (exact) mass is 497 g/mol. The fraction of sp³-hybridized carbons (Fsp3) is 0.619. The summed E-state index contributed by atoms with van der Waals surface area (Å²) in [7, 11) is 0. The topological polar surface area (TPSA) is 243 Å². The number of rotatable bonds is 15. The molecule has 14 nitrogen and oxygen atoms in total. The molecule has 196 valence electrons. The Kier molecular flexibility index (Phi) is 11.8. The van der Waals surface area contributed by atoms with Gasteiger partial charge in [0.1, 0.15) is 18.1 Å². The number of H-pyrrole nitrogens is 1. The highest BCUT2D eigenvalue weighted by Gasteiger charge is 2.34. The van der Waals surface area contributed by atoms with Gasteiger partial charge in [-0.3, -0.25) is 19.2 Å². The van der Waals surface area contributed by atoms with Gasteiger partial charge >= 0.3 is 5.97 Å². The zero-order valence-corrected chi connectivity index (χ0v) is 20.0. The van der Waals surface area contributed by atoms with E-state index in [9.17, 15) is 34.2 Å². The Morgan fingerprint density at radius 3 is 2.14 bits per heavy atom. The average molecular weight is 498 g/mol. The molecule has 14 heteroatoms. The number of nitrogens with zero attached hydrogens (tertiary/aromatic N) is 1. The maximum atomic E-state index is 13.0. The number of nitrogens with one attached hydrogen (secondary N) is 4. The van der Waals surface area contributed by atoms with Gasteiger partial charge in [0.2, 0.25) is 23.6 Å². The van der Waals surface area contributed by atoms with Crippen molar-refractivity contribution in [2.24, 2.45) is 17.4 Å². The van der Waals surface area contributed by atoms with Crippen molar-refractivity contribution in [2.45, 2.75) is 76.7 Å². The van der Waals surface area contributed by atoms with Crippen molar-refractivity contribution in [3.05, 3.63) is 18.2 Å². The minimum absolute atomic E-state index is 0.154. The van der Waals surface area contributed by atoms with Crippen molar-refractivity contribution < 1.29 is 34.2 Å². The molecule has 0 radical (unpaired) electrons. The Morgan fingerprint density at radius 2 is 1.66 bits per heavy atom. The predicted octanol–water partition coefficient (Wildman–Crippen LogP) is -2.49. The third-order valence-electron chi connectivity index (χ3n) is 5.48. The van der Waals surface area contributed by atoms with Crippen LogP contribution in [0.25, 0.3) is 0 Å². The third-order valence-corrected chi connectivity index (χ3v) is 5.48. The number of hydrogen-bond donors (Lipinski definition) is 8. The number of aliphatic carboxylic acids is 1. The number of nitrogens with two attached hydrogens (primary N) is 2. The van der Waals surface area contributed by atoms with E-state index in [1.165, 1.54) is 19.4 Å². The smallest absolute Gasteiger partial charge is 0.326 e. The van der Waals surface area contributed by atoms with Crippen LogP contribution in [0, 0.1) is 5.92 Å². The van der Waals surface area contributed by atoms with Crippen molar-refractivity contribution in [2.75, 3.05) is 0 Å². The summed E-state index contributed by atoms with van der Waals surface area (Å²) in [5.74, 6) is -4.86. The van der Waals surface area contributed by atoms with Crippen LogP contribution in [0.15, 0.2) is 12.5 Å². The standard InChI is InChI=1S/C21H35N7O7/c1-4-10(2)16(27-18(31)13(22)7-12-8-24-9-25-12)19(32)28-17(11(3)29)20(33)26-14(21(34)35)5-6-15(23)30/h8-11,13-14,16-17,29H,4-7,22H2,1-3H3,(H2,23,30)(H,24,25)(H,26,33)(H,27,31)(H,28,32)(H,34,35). The predicted molar refractivity (Wildman–Crippen MR) is 123 cm³/mol. The molecule has 0 bridgehead atoms. The number of aromatic nitrogens is 2. The molecule has 0 aromatic carbocycles. The second-order valence-electron chi connectivity index (χ2n) is 8.39. The summed E-state index contributed by atoms with van der Waals surface area (Å²) in [5.41, 5.74) is 11.6. The van der Waals surface area contributed by atoms with Crippen LogP contribution in [-0.4, -0.2) is 80.1 Å². The van der Waals surface area contributed by atoms with Crippen molar-refractivity contribution in [1.29, 1.82) is 0 Å². The normalized spacial score (nSPS) is 16.1. The Bertz CT molecular complexity index is 875. The zero-order chi connectivity index (χ0) is 26.7. The Hall–Kier alpha value is -3.52. The van der Waals surface area contributed by atoms with E-state index in [1.54, 1.807) is 13.8 Å². The third kappa shape index (κ3) is 9.70. The minimum Gasteiger partial charge on any atom is -0.480 e. The molecule has 4 amide bonds. The number of aliphatic hydroxyl groups is 1. The first-order chi connectivity index (χ1) is 16.4. The van der Waals surface area contributed by atoms with Crippen molar-refractivity contribution in [3.63, 3.8) is 0 Å². The molecule has 0 saturated carbocycles. The maximum Gasteiger partial charge on any atom is 0.326 e. The average Bonchev–Trinajstić information content (AvgIpc) is 3.29. The summed E-state index contributed by atoms with van der Waals surface area (Å²) < 4.78 is 0. The quantitative estimate of drug-likeness (QED) is 0.128. The summed E-state index contributed by atoms with van der Waals surface area (Å²) in [6, 6.07) is -5.05. The van der Waals surface area contributed by atoms with Gasteiger partial charge in [-0.2, -0.15) is 0 Å². The maximum absolute atomic E-state index is 13.0. The van der Waals surface area contributed by atoms with E-state index in [1.807, 2.05) is 0 Å². The van der Waals surface area contributed by atoms with E-state index < -0.39 is 59.9 Å². The van der Waals surface area contributed by atoms with E-state index in [0.717, 1.165) is 0 Å². The molecular formula is C21H35N7O7. The highest BCUT2D eigenvalue weighted by atomic mass is 16.4. The molecule has 0 aliphatic heterocycles. The zero-order valence-electron chi connectivity index (χ0n) is 20.0. The Morgan fingerprint density at radius 1 is 1.06 bits per heavy atom. The van der Waals surface area contributed by atoms with Crippen LogP contribution >= 0.6 is 0 Å². The molecule has 1 aromatic rings. The van der Waals surface area contributed by atoms with Gasteiger partial charge in [0.05, 0.1) is 18.5 Å². The second kappa shape index (κ2) is 14.0. The van der Waals surface area contributed by atoms with Gasteiger partial charge in [-0.1, -0.05) is 20.3 Å². The van der Waals surface area contributed by atoms with E-state index >= 15 is 0 Å². The number of carboxylic acids is 1. The minimum atomic E-state index is -1.53. The second-order valence-corrected chi connectivity index (χ2v) is 8.39. The molecule has 0 aliphatic carbocycles. The Balaban J connectivity index is 2.92. The first kappa shape index (κ1) is 29.5. The van der Waals surface area contributed by atoms with Gasteiger partial charge in [0.15, 0.2) is 0 Å². The van der Waals surface area contributed by atoms with Gasteiger partial charge in [0, 0.05) is 24.7 Å². The highest BCUT2D eigenvalue weighted by Crippen LogP contribution is 2.10. The molecule has 35 heavy (non-hydrogen) atoms. The molecular weight excluding hydrogens is 462 g/mol. The lowest BCUT2D eigenvalue weighted by atomic mass is 9.97. The first-order valence-electron chi connectivity index (χ1n) is 11.2. The molecule has 1 aromatic heterocycles. The molecule has 0 aliphatic rings. The number of carbonyl (C=O) groups is 5. The largest absolute Gasteiger partial charge is 0.480 e. The number of imidazole rings is 1. The summed E-state index contributed by atoms with van der Waals surface area (Å²) >= 11 is 0. The molecule has 0 saturated heterocycles. The molecule has 6 atom stereocenters. The van der Waals surface area contributed by atoms with Crippen LogP contribution in [0.3, 0.4) is 0 Å². The van der Waals surface area contributed by atoms with Crippen LogP contribution in [0.5, 0.6) is 0 Å². The number of amides is 4. The molecule has 1 rings (SSSR count). The van der Waals surface area contributed by atoms with Crippen LogP contribution in [0.4, 0.5) is 0 Å². The Labute approximate surface area is 202 Å². The molecule has 6 unspecified atom stereocenters. The van der Waals surface area contributed by atoms with Gasteiger partial charge in [-0.05, 0) is 19.3 Å². The van der Waals surface area contributed by atoms with Gasteiger partial charge < -0.3 is 42.6 Å². The summed E-state index contributed by atoms with van der Waals surface area (Å²) in [6.45, 7) is 4.75. The summed E-state index contributed by atoms with van der Waals surface area (Å²) in [4.78, 5) is 67.4. The van der Waals surface area contributed by atoms with Crippen LogP contribution < -0.4 is 27.4 Å². The van der Waals surface area contributed by atoms with Crippen LogP contribution in [-0.2, 0) is 30.4 Å². The van der Waals surface area contributed by atoms with Crippen molar-refractivity contribution in [3.8, 4) is 0 Å². The van der Waals surface area contributed by atoms with E-state index in [-0.39, 0.29) is 25.2 Å². The number of aliphatic hydroxyl groups excluding tert-OH is 1. The van der Waals surface area contributed by atoms with E-state index in [2.05, 4.69) is 25.9 Å². The molecule has 0 spiro atoms. The number of hydrogen-bond acceptors (Lipinski definition) is 8. The van der Waals surface area contributed by atoms with Crippen LogP contribution in [0.1, 0.15) is 45.7 Å². The lowest BCUT2D eigenvalue weighted by molar-refractivity contribution is -0.143. The lowest BCUT2D eigenvalue weighted by Gasteiger charge is -2.28. The lowest BCUT2D eigenvalue weighted by Crippen LogP contribution is -2.61. The summed E-state index contributed by atoms with van der Waals surface area (Å²) in [5, 5.41) is 26.5.